The second-order valence-electron chi connectivity index (χ2n) is 14.3. The molecular formula is C44H34N4O4. The van der Waals surface area contributed by atoms with Gasteiger partial charge in [-0.3, -0.25) is 19.2 Å². The molecule has 52 heavy (non-hydrogen) atoms. The minimum Gasteiger partial charge on any atom is -0.398 e. The number of aryl methyl sites for hydroxylation is 6. The van der Waals surface area contributed by atoms with Gasteiger partial charge in [-0.15, -0.1) is 0 Å². The summed E-state index contributed by atoms with van der Waals surface area (Å²) >= 11 is 0. The van der Waals surface area contributed by atoms with Gasteiger partial charge < -0.3 is 10.7 Å². The zero-order chi connectivity index (χ0) is 36.5. The number of nitrogen functional groups attached to an aromatic ring is 1. The highest BCUT2D eigenvalue weighted by atomic mass is 16.2. The number of imide groups is 1. The molecule has 0 fully saturated rings. The van der Waals surface area contributed by atoms with E-state index in [2.05, 4.69) is 4.98 Å². The number of carbonyl (C=O) groups is 2. The first-order chi connectivity index (χ1) is 24.8. The molecule has 1 aliphatic heterocycles. The van der Waals surface area contributed by atoms with Crippen LogP contribution in [-0.2, 0) is 0 Å². The molecule has 0 radical (unpaired) electrons. The fourth-order valence-electron chi connectivity index (χ4n) is 8.81. The summed E-state index contributed by atoms with van der Waals surface area (Å²) in [6, 6.07) is 24.3. The van der Waals surface area contributed by atoms with E-state index in [0.717, 1.165) is 55.2 Å². The van der Waals surface area contributed by atoms with E-state index in [1.54, 1.807) is 30.3 Å². The quantitative estimate of drug-likeness (QED) is 0.110. The molecule has 0 saturated carbocycles. The number of aromatic nitrogens is 2. The number of nitrogens with zero attached hydrogens (tertiary/aromatic N) is 2. The van der Waals surface area contributed by atoms with Gasteiger partial charge in [0.2, 0.25) is 0 Å². The third kappa shape index (κ3) is 4.15. The first kappa shape index (κ1) is 31.4. The smallest absolute Gasteiger partial charge is 0.266 e. The highest BCUT2D eigenvalue weighted by Gasteiger charge is 2.36. The topological polar surface area (TPSA) is 118 Å². The zero-order valence-electron chi connectivity index (χ0n) is 29.6. The van der Waals surface area contributed by atoms with Crippen LogP contribution in [0.15, 0.2) is 88.5 Å². The maximum Gasteiger partial charge on any atom is 0.266 e. The standard InChI is InChI=1S/C44H34N4O4/c1-20-15-22(3)39(23(4)16-20)47-41(49)28-8-7-26-19-34(46-33-14-12-31(44(47)52)36(28)35(26)33)27-9-10-29-37-30(11-13-32(45)38(27)37)43(51)48(42(29)50)40-24(5)17-21(2)18-25(40)6/h7-19,46H,45H2,1-6H3. The van der Waals surface area contributed by atoms with Crippen molar-refractivity contribution in [3.8, 4) is 16.9 Å². The van der Waals surface area contributed by atoms with Gasteiger partial charge in [0.25, 0.3) is 22.9 Å². The van der Waals surface area contributed by atoms with Gasteiger partial charge in [0.05, 0.1) is 11.4 Å². The van der Waals surface area contributed by atoms with Crippen LogP contribution in [0.5, 0.6) is 0 Å². The average molecular weight is 683 g/mol. The van der Waals surface area contributed by atoms with E-state index in [0.29, 0.717) is 60.8 Å². The summed E-state index contributed by atoms with van der Waals surface area (Å²) < 4.78 is 1.31. The first-order valence-corrected chi connectivity index (χ1v) is 17.2. The van der Waals surface area contributed by atoms with Crippen molar-refractivity contribution < 1.29 is 9.59 Å². The molecule has 6 aromatic carbocycles. The lowest BCUT2D eigenvalue weighted by molar-refractivity contribution is 0.0893. The summed E-state index contributed by atoms with van der Waals surface area (Å²) in [6.45, 7) is 11.7. The Balaban J connectivity index is 1.25. The number of hydrogen-bond donors (Lipinski definition) is 2. The fraction of sp³-hybridized carbons (Fsp3) is 0.136. The molecule has 8 nitrogen and oxygen atoms in total. The van der Waals surface area contributed by atoms with E-state index in [-0.39, 0.29) is 11.1 Å². The summed E-state index contributed by atoms with van der Waals surface area (Å²) in [5.41, 5.74) is 16.1. The molecule has 1 aliphatic rings. The van der Waals surface area contributed by atoms with Crippen LogP contribution in [0.25, 0.3) is 60.2 Å². The Labute approximate surface area is 298 Å². The van der Waals surface area contributed by atoms with Gasteiger partial charge in [0.15, 0.2) is 0 Å². The molecule has 8 heteroatoms. The minimum atomic E-state index is -0.399. The van der Waals surface area contributed by atoms with Gasteiger partial charge in [0, 0.05) is 65.9 Å². The molecule has 0 bridgehead atoms. The zero-order valence-corrected chi connectivity index (χ0v) is 29.6. The second kappa shape index (κ2) is 10.7. The lowest BCUT2D eigenvalue weighted by atomic mass is 9.88. The lowest BCUT2D eigenvalue weighted by Crippen LogP contribution is -2.41. The molecule has 8 aromatic rings. The highest BCUT2D eigenvalue weighted by molar-refractivity contribution is 6.37. The molecule has 2 aromatic heterocycles. The van der Waals surface area contributed by atoms with Crippen molar-refractivity contribution in [1.82, 2.24) is 9.55 Å². The van der Waals surface area contributed by atoms with Gasteiger partial charge >= 0.3 is 0 Å². The fourth-order valence-corrected chi connectivity index (χ4v) is 8.81. The van der Waals surface area contributed by atoms with Crippen molar-refractivity contribution in [2.45, 2.75) is 41.5 Å². The third-order valence-corrected chi connectivity index (χ3v) is 10.7. The van der Waals surface area contributed by atoms with Gasteiger partial charge in [-0.05, 0) is 112 Å². The van der Waals surface area contributed by atoms with Crippen LogP contribution in [0.4, 0.5) is 11.4 Å². The van der Waals surface area contributed by atoms with Crippen LogP contribution < -0.4 is 21.8 Å². The molecule has 9 rings (SSSR count). The van der Waals surface area contributed by atoms with E-state index >= 15 is 0 Å². The maximum absolute atomic E-state index is 14.2. The van der Waals surface area contributed by atoms with E-state index in [4.69, 9.17) is 5.73 Å². The molecule has 2 amide bonds. The summed E-state index contributed by atoms with van der Waals surface area (Å²) in [5, 5.41) is 4.25. The largest absolute Gasteiger partial charge is 0.398 e. The van der Waals surface area contributed by atoms with Crippen LogP contribution in [0.3, 0.4) is 0 Å². The third-order valence-electron chi connectivity index (χ3n) is 10.7. The molecule has 3 N–H and O–H groups in total. The number of rotatable bonds is 3. The minimum absolute atomic E-state index is 0.359. The van der Waals surface area contributed by atoms with Crippen molar-refractivity contribution in [3.63, 3.8) is 0 Å². The van der Waals surface area contributed by atoms with Crippen molar-refractivity contribution >= 4 is 66.4 Å². The number of pyridine rings is 2. The van der Waals surface area contributed by atoms with Gasteiger partial charge in [-0.2, -0.15) is 0 Å². The number of benzene rings is 6. The Morgan fingerprint density at radius 2 is 1.04 bits per heavy atom. The Kier molecular flexibility index (Phi) is 6.49. The predicted octanol–water partition coefficient (Wildman–Crippen LogP) is 8.48. The molecule has 0 saturated heterocycles. The summed E-state index contributed by atoms with van der Waals surface area (Å²) in [7, 11) is 0. The van der Waals surface area contributed by atoms with Gasteiger partial charge in [-0.1, -0.05) is 47.5 Å². The van der Waals surface area contributed by atoms with Crippen molar-refractivity contribution in [2.24, 2.45) is 0 Å². The van der Waals surface area contributed by atoms with E-state index in [1.165, 1.54) is 9.47 Å². The number of H-pyrrole nitrogens is 1. The van der Waals surface area contributed by atoms with Crippen molar-refractivity contribution in [1.29, 1.82) is 0 Å². The van der Waals surface area contributed by atoms with Crippen LogP contribution in [0.1, 0.15) is 54.1 Å². The molecule has 3 heterocycles. The van der Waals surface area contributed by atoms with E-state index in [1.807, 2.05) is 90.1 Å². The summed E-state index contributed by atoms with van der Waals surface area (Å²) in [5.74, 6) is -0.798. The Bertz CT molecular complexity index is 2930. The molecule has 0 aliphatic carbocycles. The number of hydrogen-bond acceptors (Lipinski definition) is 5. The van der Waals surface area contributed by atoms with Crippen LogP contribution in [-0.4, -0.2) is 21.4 Å². The van der Waals surface area contributed by atoms with E-state index in [9.17, 15) is 19.2 Å². The van der Waals surface area contributed by atoms with Crippen molar-refractivity contribution in [3.05, 3.63) is 144 Å². The number of carbonyl (C=O) groups excluding carboxylic acids is 2. The Morgan fingerprint density at radius 3 is 1.63 bits per heavy atom. The first-order valence-electron chi connectivity index (χ1n) is 17.2. The number of anilines is 2. The van der Waals surface area contributed by atoms with Crippen LogP contribution in [0, 0.1) is 41.5 Å². The molecule has 0 atom stereocenters. The van der Waals surface area contributed by atoms with E-state index < -0.39 is 11.8 Å². The number of nitrogens with two attached hydrogens (primary N) is 1. The molecule has 0 spiro atoms. The molecule has 0 unspecified atom stereocenters. The number of nitrogens with one attached hydrogen (secondary N) is 1. The SMILES string of the molecule is Cc1cc(C)c(N2C(=O)c3ccc(N)c4c(-c5cc6ccc7c(=O)n(-c8c(C)cc(C)cc8C)c(=O)c8ccc([nH]5)c6c78)ccc(c34)C2=O)c(C)c1. The monoisotopic (exact) mass is 682 g/mol. The summed E-state index contributed by atoms with van der Waals surface area (Å²) in [4.78, 5) is 61.4. The predicted molar refractivity (Wildman–Crippen MR) is 210 cm³/mol. The lowest BCUT2D eigenvalue weighted by Gasteiger charge is -2.30. The maximum atomic E-state index is 14.2. The van der Waals surface area contributed by atoms with Crippen molar-refractivity contribution in [2.75, 3.05) is 10.6 Å². The Morgan fingerprint density at radius 1 is 0.519 bits per heavy atom. The van der Waals surface area contributed by atoms with Crippen LogP contribution >= 0.6 is 0 Å². The molecular weight excluding hydrogens is 649 g/mol. The number of amides is 2. The number of aromatic amines is 1. The van der Waals surface area contributed by atoms with Gasteiger partial charge in [-0.25, -0.2) is 9.47 Å². The molecule has 254 valence electrons. The Hall–Kier alpha value is -6.54. The highest BCUT2D eigenvalue weighted by Crippen LogP contribution is 2.43. The average Bonchev–Trinajstić information content (AvgIpc) is 3.09. The normalized spacial score (nSPS) is 13.1. The second-order valence-corrected chi connectivity index (χ2v) is 14.3. The van der Waals surface area contributed by atoms with Crippen LogP contribution in [0.2, 0.25) is 0 Å². The summed E-state index contributed by atoms with van der Waals surface area (Å²) in [6.07, 6.45) is 0. The van der Waals surface area contributed by atoms with Gasteiger partial charge in [0.1, 0.15) is 0 Å².